The van der Waals surface area contributed by atoms with E-state index in [4.69, 9.17) is 17.0 Å². The molecule has 0 unspecified atom stereocenters. The van der Waals surface area contributed by atoms with Crippen molar-refractivity contribution in [3.8, 4) is 16.5 Å². The van der Waals surface area contributed by atoms with Gasteiger partial charge >= 0.3 is 0 Å². The Morgan fingerprint density at radius 1 is 1.42 bits per heavy atom. The van der Waals surface area contributed by atoms with E-state index >= 15 is 0 Å². The summed E-state index contributed by atoms with van der Waals surface area (Å²) in [5.74, 6) is 1.15. The van der Waals surface area contributed by atoms with E-state index in [1.54, 1.807) is 36.0 Å². The first kappa shape index (κ1) is 16.4. The molecular formula is C16H16N4O2S2. The molecular weight excluding hydrogens is 344 g/mol. The summed E-state index contributed by atoms with van der Waals surface area (Å²) in [5.41, 5.74) is 0.666. The summed E-state index contributed by atoms with van der Waals surface area (Å²) < 4.78 is 7.30. The number of thiophene rings is 1. The van der Waals surface area contributed by atoms with Gasteiger partial charge in [0.15, 0.2) is 10.6 Å². The monoisotopic (exact) mass is 360 g/mol. The minimum Gasteiger partial charge on any atom is -0.497 e. The molecule has 0 saturated carbocycles. The van der Waals surface area contributed by atoms with Crippen LogP contribution in [0, 0.1) is 4.77 Å². The molecule has 0 aliphatic rings. The molecule has 124 valence electrons. The molecule has 0 spiro atoms. The van der Waals surface area contributed by atoms with Crippen LogP contribution in [0.4, 0.5) is 5.69 Å². The molecule has 0 saturated heterocycles. The van der Waals surface area contributed by atoms with Crippen molar-refractivity contribution in [2.24, 2.45) is 0 Å². The normalized spacial score (nSPS) is 11.9. The topological polar surface area (TPSA) is 71.9 Å². The van der Waals surface area contributed by atoms with Gasteiger partial charge in [0.2, 0.25) is 5.91 Å². The number of ether oxygens (including phenoxy) is 1. The number of benzene rings is 1. The Morgan fingerprint density at radius 3 is 2.96 bits per heavy atom. The van der Waals surface area contributed by atoms with E-state index in [0.29, 0.717) is 22.0 Å². The highest BCUT2D eigenvalue weighted by atomic mass is 32.1. The van der Waals surface area contributed by atoms with Crippen molar-refractivity contribution >= 4 is 35.1 Å². The molecule has 1 atom stereocenters. The Balaban J connectivity index is 1.86. The molecule has 0 aliphatic carbocycles. The van der Waals surface area contributed by atoms with Crippen molar-refractivity contribution in [1.82, 2.24) is 14.8 Å². The molecule has 0 bridgehead atoms. The summed E-state index contributed by atoms with van der Waals surface area (Å²) in [4.78, 5) is 13.6. The zero-order chi connectivity index (χ0) is 17.1. The van der Waals surface area contributed by atoms with Crippen LogP contribution in [0.2, 0.25) is 0 Å². The van der Waals surface area contributed by atoms with Crippen LogP contribution >= 0.6 is 23.6 Å². The van der Waals surface area contributed by atoms with Gasteiger partial charge in [-0.1, -0.05) is 12.1 Å². The summed E-state index contributed by atoms with van der Waals surface area (Å²) in [7, 11) is 1.58. The number of amides is 1. The third kappa shape index (κ3) is 3.24. The van der Waals surface area contributed by atoms with Crippen LogP contribution in [0.15, 0.2) is 41.8 Å². The highest BCUT2D eigenvalue weighted by molar-refractivity contribution is 7.71. The molecule has 6 nitrogen and oxygen atoms in total. The summed E-state index contributed by atoms with van der Waals surface area (Å²) in [6, 6.07) is 10.6. The average Bonchev–Trinajstić information content (AvgIpc) is 3.23. The average molecular weight is 360 g/mol. The largest absolute Gasteiger partial charge is 0.497 e. The lowest BCUT2D eigenvalue weighted by atomic mass is 10.2. The van der Waals surface area contributed by atoms with E-state index in [1.165, 1.54) is 0 Å². The Hall–Kier alpha value is -2.45. The second-order valence-corrected chi connectivity index (χ2v) is 6.43. The molecule has 8 heteroatoms. The minimum absolute atomic E-state index is 0.182. The Bertz CT molecular complexity index is 899. The van der Waals surface area contributed by atoms with Crippen molar-refractivity contribution in [2.75, 3.05) is 12.4 Å². The Morgan fingerprint density at radius 2 is 2.25 bits per heavy atom. The first-order chi connectivity index (χ1) is 11.6. The van der Waals surface area contributed by atoms with Gasteiger partial charge in [0, 0.05) is 11.8 Å². The van der Waals surface area contributed by atoms with Crippen LogP contribution < -0.4 is 10.1 Å². The zero-order valence-electron chi connectivity index (χ0n) is 13.1. The first-order valence-electron chi connectivity index (χ1n) is 7.26. The molecule has 24 heavy (non-hydrogen) atoms. The van der Waals surface area contributed by atoms with Gasteiger partial charge in [-0.2, -0.15) is 5.10 Å². The summed E-state index contributed by atoms with van der Waals surface area (Å²) >= 11 is 6.84. The summed E-state index contributed by atoms with van der Waals surface area (Å²) in [5, 5.41) is 11.9. The van der Waals surface area contributed by atoms with Crippen molar-refractivity contribution in [1.29, 1.82) is 0 Å². The molecule has 1 amide bonds. The van der Waals surface area contributed by atoms with Gasteiger partial charge in [0.05, 0.1) is 12.0 Å². The van der Waals surface area contributed by atoms with E-state index in [-0.39, 0.29) is 5.91 Å². The Labute approximate surface area is 148 Å². The zero-order valence-corrected chi connectivity index (χ0v) is 14.8. The van der Waals surface area contributed by atoms with Crippen molar-refractivity contribution in [2.45, 2.75) is 13.0 Å². The smallest absolute Gasteiger partial charge is 0.247 e. The maximum Gasteiger partial charge on any atom is 0.247 e. The lowest BCUT2D eigenvalue weighted by Crippen LogP contribution is -2.24. The number of anilines is 1. The lowest BCUT2D eigenvalue weighted by Gasteiger charge is -2.15. The molecule has 3 aromatic rings. The molecule has 3 rings (SSSR count). The van der Waals surface area contributed by atoms with E-state index in [1.807, 2.05) is 35.7 Å². The second-order valence-electron chi connectivity index (χ2n) is 5.10. The number of H-pyrrole nitrogens is 1. The maximum atomic E-state index is 12.6. The third-order valence-electron chi connectivity index (χ3n) is 3.55. The fourth-order valence-corrected chi connectivity index (χ4v) is 3.31. The van der Waals surface area contributed by atoms with Gasteiger partial charge in [-0.15, -0.1) is 11.3 Å². The van der Waals surface area contributed by atoms with E-state index in [9.17, 15) is 4.79 Å². The predicted octanol–water partition coefficient (Wildman–Crippen LogP) is 3.88. The summed E-state index contributed by atoms with van der Waals surface area (Å²) in [6.07, 6.45) is 0. The van der Waals surface area contributed by atoms with E-state index in [2.05, 4.69) is 15.5 Å². The number of aromatic nitrogens is 3. The number of nitrogens with zero attached hydrogens (tertiary/aromatic N) is 2. The van der Waals surface area contributed by atoms with Crippen molar-refractivity contribution in [3.05, 3.63) is 46.5 Å². The highest BCUT2D eigenvalue weighted by Gasteiger charge is 2.21. The molecule has 2 aromatic heterocycles. The number of hydrogen-bond acceptors (Lipinski definition) is 5. The highest BCUT2D eigenvalue weighted by Crippen LogP contribution is 2.26. The fraction of sp³-hybridized carbons (Fsp3) is 0.188. The predicted molar refractivity (Wildman–Crippen MR) is 97.1 cm³/mol. The van der Waals surface area contributed by atoms with Crippen LogP contribution in [0.1, 0.15) is 13.0 Å². The van der Waals surface area contributed by atoms with Crippen LogP contribution in [-0.4, -0.2) is 27.8 Å². The Kier molecular flexibility index (Phi) is 4.77. The van der Waals surface area contributed by atoms with Crippen molar-refractivity contribution < 1.29 is 9.53 Å². The standard InChI is InChI=1S/C16H16N4O2S2/c1-10(15(21)17-11-5-3-6-12(9-11)22-2)20-14(18-19-16(20)23)13-7-4-8-24-13/h3-10H,1-2H3,(H,17,21)(H,19,23)/t10-/m1/s1. The molecule has 0 aliphatic heterocycles. The van der Waals surface area contributed by atoms with Crippen LogP contribution in [0.25, 0.3) is 10.7 Å². The number of hydrogen-bond donors (Lipinski definition) is 2. The van der Waals surface area contributed by atoms with Gasteiger partial charge in [-0.25, -0.2) is 0 Å². The van der Waals surface area contributed by atoms with Crippen LogP contribution in [0.3, 0.4) is 0 Å². The molecule has 0 fully saturated rings. The number of carbonyl (C=O) groups is 1. The molecule has 2 N–H and O–H groups in total. The van der Waals surface area contributed by atoms with E-state index in [0.717, 1.165) is 4.88 Å². The third-order valence-corrected chi connectivity index (χ3v) is 4.70. The second kappa shape index (κ2) is 6.98. The lowest BCUT2D eigenvalue weighted by molar-refractivity contribution is -0.118. The van der Waals surface area contributed by atoms with Gasteiger partial charge in [-0.05, 0) is 42.7 Å². The molecule has 1 aromatic carbocycles. The van der Waals surface area contributed by atoms with Gasteiger partial charge < -0.3 is 10.1 Å². The molecule has 2 heterocycles. The van der Waals surface area contributed by atoms with Gasteiger partial charge in [0.1, 0.15) is 11.8 Å². The van der Waals surface area contributed by atoms with Crippen LogP contribution in [-0.2, 0) is 4.79 Å². The number of carbonyl (C=O) groups excluding carboxylic acids is 1. The van der Waals surface area contributed by atoms with Gasteiger partial charge in [-0.3, -0.25) is 14.5 Å². The van der Waals surface area contributed by atoms with Crippen LogP contribution in [0.5, 0.6) is 5.75 Å². The quantitative estimate of drug-likeness (QED) is 0.678. The molecule has 0 radical (unpaired) electrons. The fourth-order valence-electron chi connectivity index (χ4n) is 2.31. The SMILES string of the molecule is COc1cccc(NC(=O)[C@@H](C)n2c(-c3cccs3)n[nH]c2=S)c1. The van der Waals surface area contributed by atoms with Gasteiger partial charge in [0.25, 0.3) is 0 Å². The number of nitrogens with one attached hydrogen (secondary N) is 2. The number of methoxy groups -OCH3 is 1. The minimum atomic E-state index is -0.514. The number of aromatic amines is 1. The van der Waals surface area contributed by atoms with E-state index < -0.39 is 6.04 Å². The number of rotatable bonds is 5. The van der Waals surface area contributed by atoms with Crippen molar-refractivity contribution in [3.63, 3.8) is 0 Å². The maximum absolute atomic E-state index is 12.6. The summed E-state index contributed by atoms with van der Waals surface area (Å²) in [6.45, 7) is 1.79. The first-order valence-corrected chi connectivity index (χ1v) is 8.54.